The molecule has 0 bridgehead atoms. The number of benzene rings is 2. The predicted molar refractivity (Wildman–Crippen MR) is 134 cm³/mol. The van der Waals surface area contributed by atoms with Crippen LogP contribution in [0.5, 0.6) is 0 Å². The summed E-state index contributed by atoms with van der Waals surface area (Å²) in [7, 11) is -3.99. The van der Waals surface area contributed by atoms with Crippen LogP contribution in [0.4, 0.5) is 11.4 Å². The van der Waals surface area contributed by atoms with E-state index in [4.69, 9.17) is 14.6 Å². The summed E-state index contributed by atoms with van der Waals surface area (Å²) in [6, 6.07) is 8.18. The maximum Gasteiger partial charge on any atom is 0.326 e. The largest absolute Gasteiger partial charge is 0.465 e. The fourth-order valence-corrected chi connectivity index (χ4v) is 5.51. The second-order valence-electron chi connectivity index (χ2n) is 7.93. The first-order valence-electron chi connectivity index (χ1n) is 11.1. The summed E-state index contributed by atoms with van der Waals surface area (Å²) in [5.41, 5.74) is 0.552. The number of morpholine rings is 1. The van der Waals surface area contributed by atoms with E-state index in [1.54, 1.807) is 6.92 Å². The molecule has 0 spiro atoms. The highest BCUT2D eigenvalue weighted by molar-refractivity contribution is 7.89. The summed E-state index contributed by atoms with van der Waals surface area (Å²) >= 11 is 0.965. The second kappa shape index (κ2) is 10.8. The number of nitro groups is 1. The quantitative estimate of drug-likeness (QED) is 0.259. The number of fused-ring (bicyclic) bond motifs is 1. The lowest BCUT2D eigenvalue weighted by Crippen LogP contribution is -2.36. The number of hydrogen-bond donors (Lipinski definition) is 1. The number of rotatable bonds is 7. The third-order valence-corrected chi connectivity index (χ3v) is 7.50. The number of primary sulfonamides is 1. The van der Waals surface area contributed by atoms with Crippen LogP contribution in [0.25, 0.3) is 10.2 Å². The maximum absolute atomic E-state index is 13.1. The number of nitrogens with two attached hydrogens (primary N) is 1. The molecule has 37 heavy (non-hydrogen) atoms. The Hall–Kier alpha value is -3.66. The lowest BCUT2D eigenvalue weighted by Gasteiger charge is -2.28. The molecule has 1 amide bonds. The molecule has 0 saturated carbocycles. The Labute approximate surface area is 214 Å². The smallest absolute Gasteiger partial charge is 0.326 e. The van der Waals surface area contributed by atoms with E-state index in [0.717, 1.165) is 11.3 Å². The zero-order valence-corrected chi connectivity index (χ0v) is 21.3. The van der Waals surface area contributed by atoms with Gasteiger partial charge in [0.25, 0.3) is 11.6 Å². The highest BCUT2D eigenvalue weighted by atomic mass is 32.2. The molecule has 196 valence electrons. The first-order valence-corrected chi connectivity index (χ1v) is 13.5. The molecule has 1 aliphatic heterocycles. The van der Waals surface area contributed by atoms with Crippen molar-refractivity contribution in [2.45, 2.75) is 18.4 Å². The van der Waals surface area contributed by atoms with Crippen LogP contribution in [-0.2, 0) is 30.8 Å². The number of carbonyl (C=O) groups excluding carboxylic acids is 2. The highest BCUT2D eigenvalue weighted by Crippen LogP contribution is 2.30. The highest BCUT2D eigenvalue weighted by Gasteiger charge is 2.24. The van der Waals surface area contributed by atoms with Gasteiger partial charge in [-0.3, -0.25) is 19.7 Å². The Morgan fingerprint density at radius 3 is 2.59 bits per heavy atom. The van der Waals surface area contributed by atoms with E-state index < -0.39 is 26.8 Å². The van der Waals surface area contributed by atoms with E-state index >= 15 is 0 Å². The van der Waals surface area contributed by atoms with Crippen molar-refractivity contribution in [1.82, 2.24) is 4.57 Å². The van der Waals surface area contributed by atoms with Gasteiger partial charge >= 0.3 is 5.97 Å². The lowest BCUT2D eigenvalue weighted by atomic mass is 10.1. The minimum absolute atomic E-state index is 0.0194. The van der Waals surface area contributed by atoms with Crippen LogP contribution in [0.1, 0.15) is 17.3 Å². The zero-order chi connectivity index (χ0) is 26.7. The Morgan fingerprint density at radius 2 is 1.95 bits per heavy atom. The van der Waals surface area contributed by atoms with Gasteiger partial charge in [0.05, 0.1) is 39.9 Å². The van der Waals surface area contributed by atoms with Crippen molar-refractivity contribution >= 4 is 54.8 Å². The van der Waals surface area contributed by atoms with Crippen LogP contribution in [0.15, 0.2) is 46.3 Å². The summed E-state index contributed by atoms with van der Waals surface area (Å²) in [5, 5.41) is 17.0. The molecule has 4 rings (SSSR count). The zero-order valence-electron chi connectivity index (χ0n) is 19.7. The van der Waals surface area contributed by atoms with Crippen LogP contribution < -0.4 is 14.8 Å². The topological polar surface area (TPSA) is 176 Å². The van der Waals surface area contributed by atoms with Crippen LogP contribution in [0.3, 0.4) is 0 Å². The molecule has 2 N–H and O–H groups in total. The summed E-state index contributed by atoms with van der Waals surface area (Å²) in [4.78, 5) is 42.4. The van der Waals surface area contributed by atoms with Gasteiger partial charge in [-0.05, 0) is 37.3 Å². The molecule has 13 nitrogen and oxygen atoms in total. The number of nitro benzene ring substituents is 1. The van der Waals surface area contributed by atoms with Crippen molar-refractivity contribution in [1.29, 1.82) is 0 Å². The minimum atomic E-state index is -3.99. The van der Waals surface area contributed by atoms with Crippen molar-refractivity contribution in [2.75, 3.05) is 37.8 Å². The summed E-state index contributed by atoms with van der Waals surface area (Å²) in [6.07, 6.45) is 0. The fraction of sp³-hybridized carbons (Fsp3) is 0.318. The van der Waals surface area contributed by atoms with Crippen molar-refractivity contribution in [3.8, 4) is 0 Å². The van der Waals surface area contributed by atoms with Crippen molar-refractivity contribution in [2.24, 2.45) is 10.1 Å². The van der Waals surface area contributed by atoms with Crippen molar-refractivity contribution in [3.05, 3.63) is 56.9 Å². The summed E-state index contributed by atoms with van der Waals surface area (Å²) in [5.74, 6) is -1.36. The van der Waals surface area contributed by atoms with Gasteiger partial charge in [0.1, 0.15) is 12.2 Å². The van der Waals surface area contributed by atoms with Crippen LogP contribution in [0, 0.1) is 10.1 Å². The molecular weight excluding hydrogens is 526 g/mol. The number of sulfonamides is 1. The molecule has 15 heteroatoms. The first kappa shape index (κ1) is 26.4. The van der Waals surface area contributed by atoms with E-state index in [9.17, 15) is 28.1 Å². The van der Waals surface area contributed by atoms with E-state index in [0.29, 0.717) is 42.2 Å². The molecule has 3 aromatic rings. The van der Waals surface area contributed by atoms with Crippen molar-refractivity contribution in [3.63, 3.8) is 0 Å². The molecule has 2 heterocycles. The number of aromatic nitrogens is 1. The Kier molecular flexibility index (Phi) is 7.68. The van der Waals surface area contributed by atoms with Gasteiger partial charge in [0.15, 0.2) is 4.80 Å². The average molecular weight is 550 g/mol. The summed E-state index contributed by atoms with van der Waals surface area (Å²) < 4.78 is 35.7. The Morgan fingerprint density at radius 1 is 1.22 bits per heavy atom. The average Bonchev–Trinajstić information content (AvgIpc) is 3.19. The number of ether oxygens (including phenoxy) is 2. The SMILES string of the molecule is CCOC(=O)Cn1c(=NC(=O)c2ccc(N3CCOCC3)c([N+](=O)[O-])c2)sc2cc(S(N)(=O)=O)ccc21. The van der Waals surface area contributed by atoms with E-state index in [-0.39, 0.29) is 34.1 Å². The fourth-order valence-electron chi connectivity index (χ4n) is 3.83. The lowest BCUT2D eigenvalue weighted by molar-refractivity contribution is -0.384. The number of carbonyl (C=O) groups is 2. The molecule has 1 saturated heterocycles. The molecule has 0 atom stereocenters. The number of esters is 1. The van der Waals surface area contributed by atoms with Gasteiger partial charge in [-0.2, -0.15) is 4.99 Å². The van der Waals surface area contributed by atoms with Gasteiger partial charge in [-0.15, -0.1) is 0 Å². The second-order valence-corrected chi connectivity index (χ2v) is 10.5. The van der Waals surface area contributed by atoms with Gasteiger partial charge in [0.2, 0.25) is 10.0 Å². The third-order valence-electron chi connectivity index (χ3n) is 5.54. The van der Waals surface area contributed by atoms with Crippen LogP contribution in [0.2, 0.25) is 0 Å². The number of hydrogen-bond acceptors (Lipinski definition) is 10. The number of nitrogens with zero attached hydrogens (tertiary/aromatic N) is 4. The van der Waals surface area contributed by atoms with E-state index in [1.165, 1.54) is 41.0 Å². The van der Waals surface area contributed by atoms with Gasteiger partial charge < -0.3 is 18.9 Å². The molecule has 0 unspecified atom stereocenters. The third kappa shape index (κ3) is 5.85. The van der Waals surface area contributed by atoms with Crippen LogP contribution >= 0.6 is 11.3 Å². The monoisotopic (exact) mass is 549 g/mol. The van der Waals surface area contributed by atoms with Gasteiger partial charge in [0, 0.05) is 24.7 Å². The van der Waals surface area contributed by atoms with Gasteiger partial charge in [-0.25, -0.2) is 13.6 Å². The molecule has 1 fully saturated rings. The molecule has 1 aliphatic rings. The molecule has 0 aliphatic carbocycles. The Bertz CT molecular complexity index is 1550. The predicted octanol–water partition coefficient (Wildman–Crippen LogP) is 1.40. The molecule has 1 aromatic heterocycles. The number of amides is 1. The van der Waals surface area contributed by atoms with E-state index in [1.807, 2.05) is 4.90 Å². The Balaban J connectivity index is 1.79. The van der Waals surface area contributed by atoms with Gasteiger partial charge in [-0.1, -0.05) is 11.3 Å². The van der Waals surface area contributed by atoms with Crippen molar-refractivity contribution < 1.29 is 32.4 Å². The first-order chi connectivity index (χ1) is 17.6. The molecule has 2 aromatic carbocycles. The number of anilines is 1. The standard InChI is InChI=1S/C22H23N5O8S2/c1-2-35-20(28)13-26-17-6-4-15(37(23,32)33)12-19(17)36-22(26)24-21(29)14-3-5-16(18(11-14)27(30)31)25-7-9-34-10-8-25/h3-6,11-12H,2,7-10,13H2,1H3,(H2,23,32,33). The van der Waals surface area contributed by atoms with Crippen LogP contribution in [-0.4, -0.2) is 62.7 Å². The summed E-state index contributed by atoms with van der Waals surface area (Å²) in [6.45, 7) is 3.34. The maximum atomic E-state index is 13.1. The normalized spacial score (nSPS) is 14.6. The molecule has 0 radical (unpaired) electrons. The number of thiazole rings is 1. The van der Waals surface area contributed by atoms with E-state index in [2.05, 4.69) is 4.99 Å². The minimum Gasteiger partial charge on any atom is -0.465 e. The molecular formula is C22H23N5O8S2.